The van der Waals surface area contributed by atoms with Crippen molar-refractivity contribution in [2.45, 2.75) is 25.8 Å². The van der Waals surface area contributed by atoms with Gasteiger partial charge in [0.15, 0.2) is 0 Å². The van der Waals surface area contributed by atoms with E-state index >= 15 is 0 Å². The van der Waals surface area contributed by atoms with Crippen molar-refractivity contribution in [3.8, 4) is 0 Å². The average Bonchev–Trinajstić information content (AvgIpc) is 2.53. The van der Waals surface area contributed by atoms with Gasteiger partial charge in [-0.05, 0) is 25.0 Å². The third kappa shape index (κ3) is 4.78. The van der Waals surface area contributed by atoms with E-state index in [1.54, 1.807) is 16.6 Å². The molecule has 2 heterocycles. The molecule has 0 atom stereocenters. The number of sulfonamides is 1. The summed E-state index contributed by atoms with van der Waals surface area (Å²) in [5.41, 5.74) is 0.750. The van der Waals surface area contributed by atoms with Gasteiger partial charge in [0.05, 0.1) is 18.0 Å². The smallest absolute Gasteiger partial charge is 0.215 e. The first-order chi connectivity index (χ1) is 10.1. The first-order valence-corrected chi connectivity index (χ1v) is 8.80. The number of nitrogens with zero attached hydrogens (tertiary/aromatic N) is 3. The number of amides is 1. The number of aromatic nitrogens is 1. The fraction of sp³-hybridized carbons (Fsp3) is 0.571. The van der Waals surface area contributed by atoms with Crippen LogP contribution in [0, 0.1) is 0 Å². The molecule has 0 N–H and O–H groups in total. The number of carbonyl (C=O) groups is 1. The topological polar surface area (TPSA) is 70.6 Å². The van der Waals surface area contributed by atoms with E-state index in [9.17, 15) is 13.2 Å². The summed E-state index contributed by atoms with van der Waals surface area (Å²) in [4.78, 5) is 16.7. The summed E-state index contributed by atoms with van der Waals surface area (Å²) in [5.74, 6) is -0.0292. The lowest BCUT2D eigenvalue weighted by atomic mass is 10.2. The second kappa shape index (κ2) is 7.51. The van der Waals surface area contributed by atoms with E-state index in [0.717, 1.165) is 25.0 Å². The molecule has 1 aromatic heterocycles. The van der Waals surface area contributed by atoms with Crippen LogP contribution in [0.25, 0.3) is 0 Å². The fourth-order valence-electron chi connectivity index (χ4n) is 2.37. The largest absolute Gasteiger partial charge is 0.338 e. The van der Waals surface area contributed by atoms with Gasteiger partial charge < -0.3 is 4.90 Å². The van der Waals surface area contributed by atoms with E-state index in [0.29, 0.717) is 26.0 Å². The van der Waals surface area contributed by atoms with Crippen molar-refractivity contribution in [1.29, 1.82) is 0 Å². The van der Waals surface area contributed by atoms with Crippen molar-refractivity contribution in [1.82, 2.24) is 14.2 Å². The summed E-state index contributed by atoms with van der Waals surface area (Å²) in [6.45, 7) is 1.73. The highest BCUT2D eigenvalue weighted by Gasteiger charge is 2.24. The van der Waals surface area contributed by atoms with Crippen molar-refractivity contribution >= 4 is 16.4 Å². The van der Waals surface area contributed by atoms with E-state index in [1.807, 2.05) is 12.1 Å². The zero-order valence-electron chi connectivity index (χ0n) is 12.0. The predicted octanol–water partition coefficient (Wildman–Crippen LogP) is 0.856. The van der Waals surface area contributed by atoms with Crippen molar-refractivity contribution < 1.29 is 13.2 Å². The highest BCUT2D eigenvalue weighted by atomic mass is 32.2. The number of piperidine rings is 1. The highest BCUT2D eigenvalue weighted by Crippen LogP contribution is 2.13. The minimum atomic E-state index is -3.27. The number of carbonyl (C=O) groups excluding carboxylic acids is 1. The SMILES string of the molecule is O=CN(CCS(=O)(=O)N1CCCCC1)Cc1ccccn1. The van der Waals surface area contributed by atoms with Crippen LogP contribution in [0.3, 0.4) is 0 Å². The molecule has 0 unspecified atom stereocenters. The molecule has 1 aliphatic heterocycles. The second-order valence-corrected chi connectivity index (χ2v) is 7.26. The molecule has 7 heteroatoms. The first kappa shape index (κ1) is 15.9. The molecule has 0 bridgehead atoms. The number of rotatable bonds is 7. The average molecular weight is 311 g/mol. The van der Waals surface area contributed by atoms with Gasteiger partial charge in [0, 0.05) is 25.8 Å². The summed E-state index contributed by atoms with van der Waals surface area (Å²) >= 11 is 0. The second-order valence-electron chi connectivity index (χ2n) is 5.17. The minimum absolute atomic E-state index is 0.0292. The summed E-state index contributed by atoms with van der Waals surface area (Å²) in [6.07, 6.45) is 5.27. The molecule has 1 fully saturated rings. The van der Waals surface area contributed by atoms with Gasteiger partial charge in [-0.25, -0.2) is 12.7 Å². The van der Waals surface area contributed by atoms with Crippen LogP contribution in [0.15, 0.2) is 24.4 Å². The predicted molar refractivity (Wildman–Crippen MR) is 79.9 cm³/mol. The Kier molecular flexibility index (Phi) is 5.69. The summed E-state index contributed by atoms with van der Waals surface area (Å²) in [7, 11) is -3.27. The van der Waals surface area contributed by atoms with E-state index in [1.165, 1.54) is 4.90 Å². The van der Waals surface area contributed by atoms with Gasteiger partial charge >= 0.3 is 0 Å². The third-order valence-corrected chi connectivity index (χ3v) is 5.44. The zero-order valence-corrected chi connectivity index (χ0v) is 12.8. The molecule has 0 spiro atoms. The Labute approximate surface area is 125 Å². The highest BCUT2D eigenvalue weighted by molar-refractivity contribution is 7.89. The molecule has 1 saturated heterocycles. The molecule has 116 valence electrons. The van der Waals surface area contributed by atoms with Gasteiger partial charge in [0.25, 0.3) is 0 Å². The molecular formula is C14H21N3O3S. The van der Waals surface area contributed by atoms with E-state index < -0.39 is 10.0 Å². The Bertz CT molecular complexity index is 542. The maximum Gasteiger partial charge on any atom is 0.215 e. The number of hydrogen-bond acceptors (Lipinski definition) is 4. The summed E-state index contributed by atoms with van der Waals surface area (Å²) in [6, 6.07) is 5.46. The van der Waals surface area contributed by atoms with Gasteiger partial charge in [-0.15, -0.1) is 0 Å². The Morgan fingerprint density at radius 2 is 2.00 bits per heavy atom. The van der Waals surface area contributed by atoms with Crippen LogP contribution < -0.4 is 0 Å². The van der Waals surface area contributed by atoms with Crippen molar-refractivity contribution in [2.24, 2.45) is 0 Å². The van der Waals surface area contributed by atoms with Gasteiger partial charge in [0.2, 0.25) is 16.4 Å². The quantitative estimate of drug-likeness (QED) is 0.700. The molecule has 1 aromatic rings. The van der Waals surface area contributed by atoms with E-state index in [4.69, 9.17) is 0 Å². The van der Waals surface area contributed by atoms with E-state index in [2.05, 4.69) is 4.98 Å². The van der Waals surface area contributed by atoms with Crippen molar-refractivity contribution in [3.63, 3.8) is 0 Å². The molecule has 0 aliphatic carbocycles. The minimum Gasteiger partial charge on any atom is -0.338 e. The van der Waals surface area contributed by atoms with Crippen molar-refractivity contribution in [3.05, 3.63) is 30.1 Å². The lowest BCUT2D eigenvalue weighted by Crippen LogP contribution is -2.40. The Balaban J connectivity index is 1.88. The Morgan fingerprint density at radius 1 is 1.24 bits per heavy atom. The zero-order chi connectivity index (χ0) is 15.1. The molecular weight excluding hydrogens is 290 g/mol. The molecule has 0 saturated carbocycles. The molecule has 21 heavy (non-hydrogen) atoms. The molecule has 0 aromatic carbocycles. The van der Waals surface area contributed by atoms with Crippen LogP contribution in [0.2, 0.25) is 0 Å². The van der Waals surface area contributed by atoms with Crippen LogP contribution >= 0.6 is 0 Å². The van der Waals surface area contributed by atoms with Crippen LogP contribution in [0.4, 0.5) is 0 Å². The lowest BCUT2D eigenvalue weighted by Gasteiger charge is -2.27. The van der Waals surface area contributed by atoms with Crippen LogP contribution in [0.5, 0.6) is 0 Å². The van der Waals surface area contributed by atoms with Crippen LogP contribution in [0.1, 0.15) is 25.0 Å². The number of pyridine rings is 1. The van der Waals surface area contributed by atoms with Crippen LogP contribution in [-0.2, 0) is 21.4 Å². The van der Waals surface area contributed by atoms with Gasteiger partial charge in [-0.3, -0.25) is 9.78 Å². The monoisotopic (exact) mass is 311 g/mol. The lowest BCUT2D eigenvalue weighted by molar-refractivity contribution is -0.118. The van der Waals surface area contributed by atoms with Crippen molar-refractivity contribution in [2.75, 3.05) is 25.4 Å². The maximum absolute atomic E-state index is 12.2. The third-order valence-electron chi connectivity index (χ3n) is 3.59. The first-order valence-electron chi connectivity index (χ1n) is 7.19. The summed E-state index contributed by atoms with van der Waals surface area (Å²) in [5, 5.41) is 0. The molecule has 0 radical (unpaired) electrons. The van der Waals surface area contributed by atoms with Gasteiger partial charge in [-0.2, -0.15) is 0 Å². The van der Waals surface area contributed by atoms with Gasteiger partial charge in [0.1, 0.15) is 0 Å². The maximum atomic E-state index is 12.2. The Hall–Kier alpha value is -1.47. The molecule has 2 rings (SSSR count). The van der Waals surface area contributed by atoms with Crippen LogP contribution in [-0.4, -0.2) is 54.4 Å². The number of hydrogen-bond donors (Lipinski definition) is 0. The normalized spacial score (nSPS) is 16.6. The van der Waals surface area contributed by atoms with E-state index in [-0.39, 0.29) is 12.3 Å². The summed E-state index contributed by atoms with van der Waals surface area (Å²) < 4.78 is 26.0. The fourth-order valence-corrected chi connectivity index (χ4v) is 3.91. The molecule has 1 amide bonds. The molecule has 1 aliphatic rings. The van der Waals surface area contributed by atoms with Gasteiger partial charge in [-0.1, -0.05) is 12.5 Å². The molecule has 6 nitrogen and oxygen atoms in total. The Morgan fingerprint density at radius 3 is 2.62 bits per heavy atom. The standard InChI is InChI=1S/C14H21N3O3S/c18-13-16(12-14-6-2-3-7-15-14)10-11-21(19,20)17-8-4-1-5-9-17/h2-3,6-7,13H,1,4-5,8-12H2.